The topological polar surface area (TPSA) is 64.4 Å². The molecular weight excluding hydrogens is 220 g/mol. The van der Waals surface area contributed by atoms with Gasteiger partial charge in [0.05, 0.1) is 18.1 Å². The molecule has 1 aliphatic carbocycles. The van der Waals surface area contributed by atoms with E-state index in [0.717, 1.165) is 18.5 Å². The highest BCUT2D eigenvalue weighted by molar-refractivity contribution is 5.57. The Balaban J connectivity index is 2.26. The fourth-order valence-corrected chi connectivity index (χ4v) is 2.06. The molecule has 92 valence electrons. The fourth-order valence-electron chi connectivity index (χ4n) is 2.06. The summed E-state index contributed by atoms with van der Waals surface area (Å²) in [6.07, 6.45) is 3.39. The average Bonchev–Trinajstić information content (AvgIpc) is 2.26. The first kappa shape index (κ1) is 11.7. The number of nitro groups is 1. The second-order valence-electron chi connectivity index (χ2n) is 4.72. The molecule has 5 nitrogen and oxygen atoms in total. The van der Waals surface area contributed by atoms with Gasteiger partial charge in [-0.15, -0.1) is 0 Å². The summed E-state index contributed by atoms with van der Waals surface area (Å²) in [5.41, 5.74) is 0.869. The lowest BCUT2D eigenvalue weighted by molar-refractivity contribution is -0.384. The summed E-state index contributed by atoms with van der Waals surface area (Å²) in [6.45, 7) is 2.13. The molecule has 1 N–H and O–H groups in total. The minimum Gasteiger partial charge on any atom is -0.496 e. The van der Waals surface area contributed by atoms with Crippen LogP contribution >= 0.6 is 0 Å². The number of nitrogens with zero attached hydrogens (tertiary/aromatic N) is 1. The Hall–Kier alpha value is -1.78. The summed E-state index contributed by atoms with van der Waals surface area (Å²) < 4.78 is 5.07. The third-order valence-electron chi connectivity index (χ3n) is 3.24. The first-order chi connectivity index (χ1) is 8.02. The maximum Gasteiger partial charge on any atom is 0.275 e. The maximum absolute atomic E-state index is 10.8. The number of benzene rings is 1. The minimum absolute atomic E-state index is 0.0507. The van der Waals surface area contributed by atoms with Crippen LogP contribution in [0.2, 0.25) is 0 Å². The molecule has 1 aliphatic rings. The van der Waals surface area contributed by atoms with Gasteiger partial charge in [0.1, 0.15) is 5.75 Å². The molecule has 1 fully saturated rings. The second kappa shape index (κ2) is 4.24. The Labute approximate surface area is 99.9 Å². The molecule has 1 saturated carbocycles. The van der Waals surface area contributed by atoms with E-state index in [1.165, 1.54) is 19.6 Å². The predicted molar refractivity (Wildman–Crippen MR) is 65.5 cm³/mol. The van der Waals surface area contributed by atoms with Crippen LogP contribution in [-0.2, 0) is 0 Å². The van der Waals surface area contributed by atoms with E-state index in [2.05, 4.69) is 12.2 Å². The van der Waals surface area contributed by atoms with E-state index in [1.807, 2.05) is 0 Å². The molecular formula is C12H16N2O3. The lowest BCUT2D eigenvalue weighted by Crippen LogP contribution is -2.41. The number of nitrogens with one attached hydrogen (secondary N) is 1. The van der Waals surface area contributed by atoms with E-state index >= 15 is 0 Å². The number of hydrogen-bond acceptors (Lipinski definition) is 4. The molecule has 2 rings (SSSR count). The molecule has 0 amide bonds. The molecule has 1 aromatic carbocycles. The van der Waals surface area contributed by atoms with Crippen LogP contribution in [0.15, 0.2) is 18.2 Å². The van der Waals surface area contributed by atoms with Crippen LogP contribution in [0.1, 0.15) is 26.2 Å². The largest absolute Gasteiger partial charge is 0.496 e. The lowest BCUT2D eigenvalue weighted by Gasteiger charge is -2.40. The highest BCUT2D eigenvalue weighted by Crippen LogP contribution is 2.36. The lowest BCUT2D eigenvalue weighted by atomic mass is 9.78. The number of hydrogen-bond donors (Lipinski definition) is 1. The van der Waals surface area contributed by atoms with Crippen molar-refractivity contribution < 1.29 is 9.66 Å². The van der Waals surface area contributed by atoms with E-state index in [9.17, 15) is 10.1 Å². The normalized spacial score (nSPS) is 17.1. The fraction of sp³-hybridized carbons (Fsp3) is 0.500. The van der Waals surface area contributed by atoms with Gasteiger partial charge in [-0.3, -0.25) is 10.1 Å². The number of anilines is 1. The Morgan fingerprint density at radius 3 is 2.59 bits per heavy atom. The van der Waals surface area contributed by atoms with Gasteiger partial charge < -0.3 is 10.1 Å². The van der Waals surface area contributed by atoms with Gasteiger partial charge in [-0.2, -0.15) is 0 Å². The van der Waals surface area contributed by atoms with Gasteiger partial charge in [0.15, 0.2) is 0 Å². The molecule has 0 heterocycles. The van der Waals surface area contributed by atoms with Crippen LogP contribution in [0.3, 0.4) is 0 Å². The van der Waals surface area contributed by atoms with E-state index in [1.54, 1.807) is 12.1 Å². The molecule has 0 bridgehead atoms. The van der Waals surface area contributed by atoms with E-state index in [4.69, 9.17) is 4.74 Å². The van der Waals surface area contributed by atoms with Gasteiger partial charge in [-0.1, -0.05) is 0 Å². The number of rotatable bonds is 4. The highest BCUT2D eigenvalue weighted by atomic mass is 16.6. The number of non-ortho nitro benzene ring substituents is 1. The van der Waals surface area contributed by atoms with Crippen LogP contribution in [0, 0.1) is 10.1 Å². The van der Waals surface area contributed by atoms with E-state index in [0.29, 0.717) is 5.75 Å². The first-order valence-electron chi connectivity index (χ1n) is 5.64. The van der Waals surface area contributed by atoms with E-state index < -0.39 is 4.92 Å². The van der Waals surface area contributed by atoms with Crippen molar-refractivity contribution in [1.29, 1.82) is 0 Å². The molecule has 5 heteroatoms. The summed E-state index contributed by atoms with van der Waals surface area (Å²) in [5.74, 6) is 0.504. The summed E-state index contributed by atoms with van der Waals surface area (Å²) in [4.78, 5) is 10.4. The van der Waals surface area contributed by atoms with Crippen LogP contribution in [0.5, 0.6) is 5.75 Å². The SMILES string of the molecule is COc1cc(NC2(C)CCC2)cc([N+](=O)[O-])c1. The maximum atomic E-state index is 10.8. The first-order valence-corrected chi connectivity index (χ1v) is 5.64. The van der Waals surface area contributed by atoms with Crippen molar-refractivity contribution in [2.75, 3.05) is 12.4 Å². The molecule has 0 saturated heterocycles. The quantitative estimate of drug-likeness (QED) is 0.644. The monoisotopic (exact) mass is 236 g/mol. The third kappa shape index (κ3) is 2.49. The van der Waals surface area contributed by atoms with Gasteiger partial charge in [-0.05, 0) is 26.2 Å². The molecule has 1 aromatic rings. The Morgan fingerprint density at radius 1 is 1.41 bits per heavy atom. The third-order valence-corrected chi connectivity index (χ3v) is 3.24. The van der Waals surface area contributed by atoms with Gasteiger partial charge in [0, 0.05) is 23.4 Å². The smallest absolute Gasteiger partial charge is 0.275 e. The molecule has 0 aromatic heterocycles. The highest BCUT2D eigenvalue weighted by Gasteiger charge is 2.31. The van der Waals surface area contributed by atoms with Gasteiger partial charge in [0.25, 0.3) is 5.69 Å². The summed E-state index contributed by atoms with van der Waals surface area (Å²) in [7, 11) is 1.51. The van der Waals surface area contributed by atoms with Crippen molar-refractivity contribution in [3.8, 4) is 5.75 Å². The molecule has 0 unspecified atom stereocenters. The van der Waals surface area contributed by atoms with Crippen LogP contribution in [-0.4, -0.2) is 17.6 Å². The Bertz CT molecular complexity index is 441. The molecule has 0 aliphatic heterocycles. The number of methoxy groups -OCH3 is 1. The predicted octanol–water partition coefficient (Wildman–Crippen LogP) is 2.96. The van der Waals surface area contributed by atoms with Crippen molar-refractivity contribution >= 4 is 11.4 Å². The Kier molecular flexibility index (Phi) is 2.92. The van der Waals surface area contributed by atoms with Crippen molar-refractivity contribution in [3.05, 3.63) is 28.3 Å². The van der Waals surface area contributed by atoms with E-state index in [-0.39, 0.29) is 11.2 Å². The zero-order valence-corrected chi connectivity index (χ0v) is 10.0. The van der Waals surface area contributed by atoms with Crippen molar-refractivity contribution in [2.24, 2.45) is 0 Å². The van der Waals surface area contributed by atoms with Crippen molar-refractivity contribution in [2.45, 2.75) is 31.7 Å². The summed E-state index contributed by atoms with van der Waals surface area (Å²) >= 11 is 0. The Morgan fingerprint density at radius 2 is 2.12 bits per heavy atom. The van der Waals surface area contributed by atoms with Crippen LogP contribution in [0.25, 0.3) is 0 Å². The van der Waals surface area contributed by atoms with Crippen molar-refractivity contribution in [1.82, 2.24) is 0 Å². The molecule has 17 heavy (non-hydrogen) atoms. The molecule has 0 spiro atoms. The average molecular weight is 236 g/mol. The summed E-state index contributed by atoms with van der Waals surface area (Å²) in [5, 5.41) is 14.1. The summed E-state index contributed by atoms with van der Waals surface area (Å²) in [6, 6.07) is 4.76. The zero-order chi connectivity index (χ0) is 12.5. The number of nitro benzene ring substituents is 1. The molecule has 0 radical (unpaired) electrons. The zero-order valence-electron chi connectivity index (χ0n) is 10.0. The standard InChI is InChI=1S/C12H16N2O3/c1-12(4-3-5-12)13-9-6-10(14(15)16)8-11(7-9)17-2/h6-8,13H,3-5H2,1-2H3. The van der Waals surface area contributed by atoms with Gasteiger partial charge >= 0.3 is 0 Å². The second-order valence-corrected chi connectivity index (χ2v) is 4.72. The minimum atomic E-state index is -0.406. The van der Waals surface area contributed by atoms with Crippen LogP contribution < -0.4 is 10.1 Å². The molecule has 0 atom stereocenters. The van der Waals surface area contributed by atoms with Crippen LogP contribution in [0.4, 0.5) is 11.4 Å². The van der Waals surface area contributed by atoms with Crippen molar-refractivity contribution in [3.63, 3.8) is 0 Å². The van der Waals surface area contributed by atoms with Gasteiger partial charge in [-0.25, -0.2) is 0 Å². The number of ether oxygens (including phenoxy) is 1. The van der Waals surface area contributed by atoms with Gasteiger partial charge in [0.2, 0.25) is 0 Å².